The minimum Gasteiger partial charge on any atom is -0.507 e. The Balaban J connectivity index is 1.76. The predicted octanol–water partition coefficient (Wildman–Crippen LogP) is 5.52. The van der Waals surface area contributed by atoms with Crippen LogP contribution in [0.25, 0.3) is 16.5 Å². The van der Waals surface area contributed by atoms with Crippen molar-refractivity contribution in [3.8, 4) is 5.75 Å². The zero-order valence-electron chi connectivity index (χ0n) is 18.1. The van der Waals surface area contributed by atoms with Crippen LogP contribution >= 0.6 is 11.6 Å². The second-order valence-electron chi connectivity index (χ2n) is 7.80. The van der Waals surface area contributed by atoms with E-state index in [-0.39, 0.29) is 16.4 Å². The molecule has 0 spiro atoms. The van der Waals surface area contributed by atoms with Gasteiger partial charge in [0.25, 0.3) is 11.7 Å². The summed E-state index contributed by atoms with van der Waals surface area (Å²) in [7, 11) is 1.49. The van der Waals surface area contributed by atoms with Crippen LogP contribution in [0, 0.1) is 0 Å². The van der Waals surface area contributed by atoms with Gasteiger partial charge in [0.2, 0.25) is 0 Å². The molecule has 0 bridgehead atoms. The van der Waals surface area contributed by atoms with Gasteiger partial charge in [-0.05, 0) is 47.3 Å². The second kappa shape index (κ2) is 8.65. The molecule has 0 radical (unpaired) electrons. The van der Waals surface area contributed by atoms with Gasteiger partial charge >= 0.3 is 0 Å². The van der Waals surface area contributed by atoms with Crippen molar-refractivity contribution >= 4 is 45.5 Å². The molecule has 168 valence electrons. The topological polar surface area (TPSA) is 79.7 Å². The highest BCUT2D eigenvalue weighted by molar-refractivity contribution is 6.52. The smallest absolute Gasteiger partial charge is 0.300 e. The number of ether oxygens (including phenoxy) is 1. The molecule has 1 saturated heterocycles. The quantitative estimate of drug-likeness (QED) is 0.241. The van der Waals surface area contributed by atoms with E-state index in [4.69, 9.17) is 16.3 Å². The number of halogens is 1. The van der Waals surface area contributed by atoms with E-state index < -0.39 is 17.7 Å². The molecule has 1 aliphatic heterocycles. The predicted molar refractivity (Wildman–Crippen MR) is 131 cm³/mol. The number of Topliss-reactive ketones (excluding diaryl/α,β-unsaturated/α-hetero) is 1. The van der Waals surface area contributed by atoms with Crippen molar-refractivity contribution in [2.45, 2.75) is 6.04 Å². The number of anilines is 1. The molecule has 3 aromatic carbocycles. The van der Waals surface area contributed by atoms with Gasteiger partial charge in [0.15, 0.2) is 0 Å². The molecule has 1 aliphatic rings. The summed E-state index contributed by atoms with van der Waals surface area (Å²) in [5.41, 5.74) is 1.50. The summed E-state index contributed by atoms with van der Waals surface area (Å²) in [5, 5.41) is 13.3. The lowest BCUT2D eigenvalue weighted by Crippen LogP contribution is -2.29. The number of nitrogens with zero attached hydrogens (tertiary/aromatic N) is 2. The number of benzene rings is 3. The van der Waals surface area contributed by atoms with Crippen molar-refractivity contribution < 1.29 is 19.4 Å². The van der Waals surface area contributed by atoms with Crippen LogP contribution in [0.5, 0.6) is 5.75 Å². The van der Waals surface area contributed by atoms with Crippen molar-refractivity contribution in [1.29, 1.82) is 0 Å². The maximum absolute atomic E-state index is 13.4. The molecule has 34 heavy (non-hydrogen) atoms. The number of hydrogen-bond acceptors (Lipinski definition) is 5. The number of carbonyl (C=O) groups excluding carboxylic acids is 2. The first-order valence-electron chi connectivity index (χ1n) is 10.5. The van der Waals surface area contributed by atoms with Gasteiger partial charge in [-0.25, -0.2) is 0 Å². The number of rotatable bonds is 4. The molecule has 0 aliphatic carbocycles. The SMILES string of the molecule is COc1ccc(/C(O)=C2\C(=O)C(=O)N(c3cccc4ccccc34)C2c2ccncc2)cc1Cl. The van der Waals surface area contributed by atoms with E-state index in [1.54, 1.807) is 42.7 Å². The number of fused-ring (bicyclic) bond motifs is 1. The van der Waals surface area contributed by atoms with Crippen molar-refractivity contribution in [1.82, 2.24) is 4.98 Å². The first kappa shape index (κ1) is 21.7. The van der Waals surface area contributed by atoms with E-state index in [2.05, 4.69) is 4.98 Å². The number of aromatic nitrogens is 1. The Morgan fingerprint density at radius 1 is 1.00 bits per heavy atom. The number of pyridine rings is 1. The molecular formula is C27H19ClN2O4. The summed E-state index contributed by atoms with van der Waals surface area (Å²) < 4.78 is 5.18. The number of aliphatic hydroxyl groups excluding tert-OH is 1. The molecule has 1 aromatic heterocycles. The molecule has 1 unspecified atom stereocenters. The minimum atomic E-state index is -0.852. The van der Waals surface area contributed by atoms with Gasteiger partial charge in [0.1, 0.15) is 11.5 Å². The normalized spacial score (nSPS) is 17.4. The number of ketones is 1. The Hall–Kier alpha value is -4.16. The summed E-state index contributed by atoms with van der Waals surface area (Å²) in [5.74, 6) is -1.38. The van der Waals surface area contributed by atoms with Crippen LogP contribution in [-0.4, -0.2) is 28.9 Å². The van der Waals surface area contributed by atoms with Crippen LogP contribution < -0.4 is 9.64 Å². The van der Waals surface area contributed by atoms with E-state index in [0.29, 0.717) is 22.6 Å². The van der Waals surface area contributed by atoms with E-state index in [1.165, 1.54) is 18.1 Å². The zero-order chi connectivity index (χ0) is 23.8. The van der Waals surface area contributed by atoms with Crippen molar-refractivity contribution in [2.24, 2.45) is 0 Å². The molecule has 1 fully saturated rings. The third-order valence-corrected chi connectivity index (χ3v) is 6.21. The standard InChI is InChI=1S/C27H19ClN2O4/c1-34-22-10-9-18(15-20(22)28)25(31)23-24(17-11-13-29-14-12-17)30(27(33)26(23)32)21-8-4-6-16-5-2-3-7-19(16)21/h2-15,24,31H,1H3/b25-23+. The highest BCUT2D eigenvalue weighted by atomic mass is 35.5. The fraction of sp³-hybridized carbons (Fsp3) is 0.0741. The number of amides is 1. The van der Waals surface area contributed by atoms with Gasteiger partial charge in [-0.2, -0.15) is 0 Å². The van der Waals surface area contributed by atoms with Gasteiger partial charge in [-0.1, -0.05) is 48.0 Å². The van der Waals surface area contributed by atoms with E-state index >= 15 is 0 Å². The van der Waals surface area contributed by atoms with Crippen molar-refractivity contribution in [3.63, 3.8) is 0 Å². The number of hydrogen-bond donors (Lipinski definition) is 1. The zero-order valence-corrected chi connectivity index (χ0v) is 18.9. The maximum atomic E-state index is 13.4. The number of aliphatic hydroxyl groups is 1. The van der Waals surface area contributed by atoms with Crippen LogP contribution in [-0.2, 0) is 9.59 Å². The van der Waals surface area contributed by atoms with Gasteiger partial charge in [-0.15, -0.1) is 0 Å². The lowest BCUT2D eigenvalue weighted by molar-refractivity contribution is -0.132. The monoisotopic (exact) mass is 470 g/mol. The Labute approximate surface area is 200 Å². The molecule has 1 N–H and O–H groups in total. The van der Waals surface area contributed by atoms with Crippen LogP contribution in [0.15, 0.2) is 90.8 Å². The van der Waals surface area contributed by atoms with E-state index in [9.17, 15) is 14.7 Å². The number of carbonyl (C=O) groups is 2. The summed E-state index contributed by atoms with van der Waals surface area (Å²) in [6, 6.07) is 20.5. The molecule has 6 nitrogen and oxygen atoms in total. The molecule has 0 saturated carbocycles. The Bertz CT molecular complexity index is 1460. The average Bonchev–Trinajstić information content (AvgIpc) is 3.14. The van der Waals surface area contributed by atoms with Crippen molar-refractivity contribution in [3.05, 3.63) is 107 Å². The summed E-state index contributed by atoms with van der Waals surface area (Å²) in [6.45, 7) is 0. The second-order valence-corrected chi connectivity index (χ2v) is 8.20. The molecular weight excluding hydrogens is 452 g/mol. The largest absolute Gasteiger partial charge is 0.507 e. The van der Waals surface area contributed by atoms with E-state index in [1.807, 2.05) is 36.4 Å². The van der Waals surface area contributed by atoms with E-state index in [0.717, 1.165) is 10.8 Å². The van der Waals surface area contributed by atoms with Gasteiger partial charge < -0.3 is 9.84 Å². The van der Waals surface area contributed by atoms with Crippen LogP contribution in [0.1, 0.15) is 17.2 Å². The highest BCUT2D eigenvalue weighted by Crippen LogP contribution is 2.44. The Morgan fingerprint density at radius 3 is 2.47 bits per heavy atom. The third-order valence-electron chi connectivity index (χ3n) is 5.92. The fourth-order valence-corrected chi connectivity index (χ4v) is 4.59. The molecule has 1 amide bonds. The molecule has 7 heteroatoms. The fourth-order valence-electron chi connectivity index (χ4n) is 4.33. The highest BCUT2D eigenvalue weighted by Gasteiger charge is 2.47. The summed E-state index contributed by atoms with van der Waals surface area (Å²) >= 11 is 6.26. The minimum absolute atomic E-state index is 0.0228. The average molecular weight is 471 g/mol. The maximum Gasteiger partial charge on any atom is 0.300 e. The van der Waals surface area contributed by atoms with Gasteiger partial charge in [0, 0.05) is 23.3 Å². The van der Waals surface area contributed by atoms with Gasteiger partial charge in [-0.3, -0.25) is 19.5 Å². The molecule has 2 heterocycles. The number of methoxy groups -OCH3 is 1. The Morgan fingerprint density at radius 2 is 1.74 bits per heavy atom. The summed E-state index contributed by atoms with van der Waals surface area (Å²) in [4.78, 5) is 32.3. The first-order valence-corrected chi connectivity index (χ1v) is 10.9. The third kappa shape index (κ3) is 3.49. The van der Waals surface area contributed by atoms with Crippen LogP contribution in [0.3, 0.4) is 0 Å². The van der Waals surface area contributed by atoms with Crippen molar-refractivity contribution in [2.75, 3.05) is 12.0 Å². The van der Waals surface area contributed by atoms with Crippen LogP contribution in [0.2, 0.25) is 5.02 Å². The molecule has 4 aromatic rings. The summed E-state index contributed by atoms with van der Waals surface area (Å²) in [6.07, 6.45) is 3.17. The van der Waals surface area contributed by atoms with Crippen LogP contribution in [0.4, 0.5) is 5.69 Å². The lowest BCUT2D eigenvalue weighted by Gasteiger charge is -2.26. The Kier molecular flexibility index (Phi) is 5.51. The molecule has 5 rings (SSSR count). The lowest BCUT2D eigenvalue weighted by atomic mass is 9.95. The van der Waals surface area contributed by atoms with Gasteiger partial charge in [0.05, 0.1) is 29.4 Å². The first-order chi connectivity index (χ1) is 16.5. The molecule has 1 atom stereocenters.